The molecule has 0 radical (unpaired) electrons. The van der Waals surface area contributed by atoms with E-state index in [4.69, 9.17) is 15.2 Å². The number of fused-ring (bicyclic) bond motifs is 2. The molecule has 2 N–H and O–H groups in total. The van der Waals surface area contributed by atoms with Crippen LogP contribution in [0.25, 0.3) is 0 Å². The van der Waals surface area contributed by atoms with Crippen LogP contribution in [0.5, 0.6) is 5.75 Å². The molecule has 2 saturated heterocycles. The summed E-state index contributed by atoms with van der Waals surface area (Å²) < 4.78 is 11.3. The number of rotatable bonds is 3. The molecule has 1 aromatic rings. The van der Waals surface area contributed by atoms with Gasteiger partial charge in [0, 0.05) is 11.8 Å². The van der Waals surface area contributed by atoms with E-state index >= 15 is 0 Å². The standard InChI is InChI=1S/C14H19NO2/c1-16-10-4-2-3-9(7-10)14-11(8-15)12-5-6-13(14)17-12/h2-4,7,11-14H,5-6,8,15H2,1H3. The van der Waals surface area contributed by atoms with Crippen LogP contribution in [0.1, 0.15) is 24.3 Å². The minimum Gasteiger partial charge on any atom is -0.497 e. The molecule has 3 nitrogen and oxygen atoms in total. The molecular formula is C14H19NO2. The molecule has 0 aromatic heterocycles. The maximum Gasteiger partial charge on any atom is 0.119 e. The Hall–Kier alpha value is -1.06. The molecule has 0 saturated carbocycles. The molecule has 2 bridgehead atoms. The lowest BCUT2D eigenvalue weighted by molar-refractivity contribution is 0.0918. The van der Waals surface area contributed by atoms with E-state index in [0.29, 0.717) is 30.6 Å². The summed E-state index contributed by atoms with van der Waals surface area (Å²) in [7, 11) is 1.71. The molecule has 1 aromatic carbocycles. The molecule has 2 aliphatic heterocycles. The molecule has 0 spiro atoms. The Morgan fingerprint density at radius 2 is 2.18 bits per heavy atom. The smallest absolute Gasteiger partial charge is 0.119 e. The summed E-state index contributed by atoms with van der Waals surface area (Å²) in [4.78, 5) is 0. The Kier molecular flexibility index (Phi) is 2.81. The summed E-state index contributed by atoms with van der Waals surface area (Å²) in [5, 5.41) is 0. The number of benzene rings is 1. The van der Waals surface area contributed by atoms with Gasteiger partial charge in [-0.2, -0.15) is 0 Å². The van der Waals surface area contributed by atoms with Gasteiger partial charge in [0.25, 0.3) is 0 Å². The van der Waals surface area contributed by atoms with Gasteiger partial charge >= 0.3 is 0 Å². The average Bonchev–Trinajstić information content (AvgIpc) is 2.98. The third kappa shape index (κ3) is 1.74. The van der Waals surface area contributed by atoms with Crippen LogP contribution in [-0.4, -0.2) is 25.9 Å². The van der Waals surface area contributed by atoms with Crippen LogP contribution in [-0.2, 0) is 4.74 Å². The third-order valence-corrected chi connectivity index (χ3v) is 4.18. The fraction of sp³-hybridized carbons (Fsp3) is 0.571. The fourth-order valence-corrected chi connectivity index (χ4v) is 3.38. The second kappa shape index (κ2) is 4.31. The van der Waals surface area contributed by atoms with Crippen molar-refractivity contribution in [2.45, 2.75) is 31.0 Å². The highest BCUT2D eigenvalue weighted by Crippen LogP contribution is 2.48. The van der Waals surface area contributed by atoms with Crippen molar-refractivity contribution in [1.82, 2.24) is 0 Å². The minimum atomic E-state index is 0.362. The van der Waals surface area contributed by atoms with Crippen LogP contribution in [0.4, 0.5) is 0 Å². The average molecular weight is 233 g/mol. The van der Waals surface area contributed by atoms with Gasteiger partial charge in [0.1, 0.15) is 5.75 Å². The molecule has 2 aliphatic rings. The summed E-state index contributed by atoms with van der Waals surface area (Å²) in [6.45, 7) is 0.711. The van der Waals surface area contributed by atoms with Gasteiger partial charge in [0.15, 0.2) is 0 Å². The monoisotopic (exact) mass is 233 g/mol. The number of methoxy groups -OCH3 is 1. The van der Waals surface area contributed by atoms with Crippen molar-refractivity contribution in [3.05, 3.63) is 29.8 Å². The van der Waals surface area contributed by atoms with Gasteiger partial charge in [-0.1, -0.05) is 12.1 Å². The summed E-state index contributed by atoms with van der Waals surface area (Å²) >= 11 is 0. The molecule has 0 aliphatic carbocycles. The van der Waals surface area contributed by atoms with E-state index < -0.39 is 0 Å². The Morgan fingerprint density at radius 1 is 1.35 bits per heavy atom. The van der Waals surface area contributed by atoms with Crippen molar-refractivity contribution >= 4 is 0 Å². The number of nitrogens with two attached hydrogens (primary N) is 1. The molecule has 0 amide bonds. The highest BCUT2D eigenvalue weighted by molar-refractivity contribution is 5.33. The molecular weight excluding hydrogens is 214 g/mol. The Bertz CT molecular complexity index is 407. The number of ether oxygens (including phenoxy) is 2. The van der Waals surface area contributed by atoms with Crippen molar-refractivity contribution in [2.24, 2.45) is 11.7 Å². The first-order valence-corrected chi connectivity index (χ1v) is 6.33. The van der Waals surface area contributed by atoms with Gasteiger partial charge in [-0.15, -0.1) is 0 Å². The van der Waals surface area contributed by atoms with Crippen molar-refractivity contribution < 1.29 is 9.47 Å². The van der Waals surface area contributed by atoms with Crippen molar-refractivity contribution in [1.29, 1.82) is 0 Å². The van der Waals surface area contributed by atoms with Crippen LogP contribution in [0, 0.1) is 5.92 Å². The predicted octanol–water partition coefficient (Wildman–Crippen LogP) is 1.91. The molecule has 4 atom stereocenters. The van der Waals surface area contributed by atoms with Crippen LogP contribution < -0.4 is 10.5 Å². The highest BCUT2D eigenvalue weighted by Gasteiger charge is 2.48. The Labute approximate surface area is 102 Å². The van der Waals surface area contributed by atoms with Crippen LogP contribution >= 0.6 is 0 Å². The zero-order chi connectivity index (χ0) is 11.8. The lowest BCUT2D eigenvalue weighted by atomic mass is 9.75. The van der Waals surface area contributed by atoms with Crippen LogP contribution in [0.3, 0.4) is 0 Å². The van der Waals surface area contributed by atoms with E-state index in [0.717, 1.165) is 5.75 Å². The van der Waals surface area contributed by atoms with Crippen molar-refractivity contribution in [3.63, 3.8) is 0 Å². The first kappa shape index (κ1) is 11.1. The largest absolute Gasteiger partial charge is 0.497 e. The van der Waals surface area contributed by atoms with E-state index in [-0.39, 0.29) is 0 Å². The predicted molar refractivity (Wildman–Crippen MR) is 66.2 cm³/mol. The van der Waals surface area contributed by atoms with Gasteiger partial charge in [0.2, 0.25) is 0 Å². The van der Waals surface area contributed by atoms with Gasteiger partial charge in [-0.25, -0.2) is 0 Å². The second-order valence-electron chi connectivity index (χ2n) is 4.99. The van der Waals surface area contributed by atoms with E-state index in [1.807, 2.05) is 12.1 Å². The molecule has 17 heavy (non-hydrogen) atoms. The SMILES string of the molecule is COc1cccc(C2C3CCC(O3)C2CN)c1. The van der Waals surface area contributed by atoms with E-state index in [2.05, 4.69) is 12.1 Å². The first-order chi connectivity index (χ1) is 8.33. The molecule has 2 fully saturated rings. The number of hydrogen-bond donors (Lipinski definition) is 1. The maximum absolute atomic E-state index is 6.00. The minimum absolute atomic E-state index is 0.362. The molecule has 2 heterocycles. The van der Waals surface area contributed by atoms with E-state index in [9.17, 15) is 0 Å². The van der Waals surface area contributed by atoms with E-state index in [1.54, 1.807) is 7.11 Å². The topological polar surface area (TPSA) is 44.5 Å². The number of hydrogen-bond acceptors (Lipinski definition) is 3. The van der Waals surface area contributed by atoms with Gasteiger partial charge < -0.3 is 15.2 Å². The summed E-state index contributed by atoms with van der Waals surface area (Å²) in [6, 6.07) is 8.32. The van der Waals surface area contributed by atoms with Crippen molar-refractivity contribution in [2.75, 3.05) is 13.7 Å². The summed E-state index contributed by atoms with van der Waals surface area (Å²) in [5.74, 6) is 1.84. The van der Waals surface area contributed by atoms with Crippen LogP contribution in [0.2, 0.25) is 0 Å². The molecule has 3 rings (SSSR count). The maximum atomic E-state index is 6.00. The molecule has 3 heteroatoms. The summed E-state index contributed by atoms with van der Waals surface area (Å²) in [6.07, 6.45) is 3.08. The zero-order valence-corrected chi connectivity index (χ0v) is 10.1. The molecule has 92 valence electrons. The second-order valence-corrected chi connectivity index (χ2v) is 4.99. The zero-order valence-electron chi connectivity index (χ0n) is 10.1. The van der Waals surface area contributed by atoms with Crippen molar-refractivity contribution in [3.8, 4) is 5.75 Å². The van der Waals surface area contributed by atoms with Crippen LogP contribution in [0.15, 0.2) is 24.3 Å². The lowest BCUT2D eigenvalue weighted by Gasteiger charge is -2.27. The Morgan fingerprint density at radius 3 is 2.94 bits per heavy atom. The van der Waals surface area contributed by atoms with Gasteiger partial charge in [-0.05, 0) is 37.1 Å². The van der Waals surface area contributed by atoms with Gasteiger partial charge in [0.05, 0.1) is 19.3 Å². The highest BCUT2D eigenvalue weighted by atomic mass is 16.5. The normalized spacial score (nSPS) is 35.2. The first-order valence-electron chi connectivity index (χ1n) is 6.33. The third-order valence-electron chi connectivity index (χ3n) is 4.18. The fourth-order valence-electron chi connectivity index (χ4n) is 3.38. The summed E-state index contributed by atoms with van der Waals surface area (Å²) in [5.41, 5.74) is 7.22. The van der Waals surface area contributed by atoms with E-state index in [1.165, 1.54) is 18.4 Å². The lowest BCUT2D eigenvalue weighted by Crippen LogP contribution is -2.31. The van der Waals surface area contributed by atoms with Gasteiger partial charge in [-0.3, -0.25) is 0 Å². The molecule has 4 unspecified atom stereocenters. The quantitative estimate of drug-likeness (QED) is 0.867. The Balaban J connectivity index is 1.92.